The molecule has 1 heterocycles. The molecule has 0 spiro atoms. The summed E-state index contributed by atoms with van der Waals surface area (Å²) in [7, 11) is 1.91. The molecule has 0 aliphatic heterocycles. The zero-order valence-electron chi connectivity index (χ0n) is 9.75. The number of anilines is 1. The van der Waals surface area contributed by atoms with Crippen LogP contribution in [0.25, 0.3) is 0 Å². The van der Waals surface area contributed by atoms with Gasteiger partial charge in [-0.05, 0) is 6.92 Å². The molecule has 0 aliphatic rings. The third-order valence-corrected chi connectivity index (χ3v) is 2.35. The van der Waals surface area contributed by atoms with Crippen LogP contribution in [0.15, 0.2) is 17.5 Å². The summed E-state index contributed by atoms with van der Waals surface area (Å²) >= 11 is 0. The second-order valence-corrected chi connectivity index (χ2v) is 3.82. The molecule has 16 heavy (non-hydrogen) atoms. The standard InChI is InChI=1S/C10H17N5O/c1-7(10(11)14-16)5-15(3)9-4-8(2)12-6-13-9/h4,6-7,16H,5H2,1-3H3,(H2,11,14). The highest BCUT2D eigenvalue weighted by Gasteiger charge is 2.12. The van der Waals surface area contributed by atoms with Gasteiger partial charge in [0.25, 0.3) is 0 Å². The van der Waals surface area contributed by atoms with Gasteiger partial charge in [-0.1, -0.05) is 12.1 Å². The van der Waals surface area contributed by atoms with Crippen molar-refractivity contribution in [2.24, 2.45) is 16.8 Å². The zero-order valence-corrected chi connectivity index (χ0v) is 9.75. The molecule has 3 N–H and O–H groups in total. The van der Waals surface area contributed by atoms with Crippen molar-refractivity contribution in [3.05, 3.63) is 18.1 Å². The Bertz CT molecular complexity index is 379. The van der Waals surface area contributed by atoms with E-state index in [0.29, 0.717) is 6.54 Å². The summed E-state index contributed by atoms with van der Waals surface area (Å²) < 4.78 is 0. The van der Waals surface area contributed by atoms with Crippen LogP contribution in [-0.4, -0.2) is 34.6 Å². The van der Waals surface area contributed by atoms with E-state index < -0.39 is 0 Å². The van der Waals surface area contributed by atoms with Crippen LogP contribution in [-0.2, 0) is 0 Å². The first kappa shape index (κ1) is 12.2. The number of rotatable bonds is 4. The SMILES string of the molecule is Cc1cc(N(C)CC(C)C(N)=NO)ncn1. The Morgan fingerprint density at radius 2 is 2.31 bits per heavy atom. The maximum atomic E-state index is 8.55. The van der Waals surface area contributed by atoms with E-state index in [9.17, 15) is 0 Å². The summed E-state index contributed by atoms with van der Waals surface area (Å²) in [6.45, 7) is 4.43. The van der Waals surface area contributed by atoms with E-state index in [1.165, 1.54) is 6.33 Å². The monoisotopic (exact) mass is 223 g/mol. The number of aryl methyl sites for hydroxylation is 1. The van der Waals surface area contributed by atoms with Gasteiger partial charge in [0, 0.05) is 31.3 Å². The first-order valence-corrected chi connectivity index (χ1v) is 5.01. The molecule has 0 saturated carbocycles. The van der Waals surface area contributed by atoms with E-state index >= 15 is 0 Å². The minimum atomic E-state index is -0.0368. The molecule has 1 aromatic heterocycles. The summed E-state index contributed by atoms with van der Waals surface area (Å²) in [4.78, 5) is 10.1. The highest BCUT2D eigenvalue weighted by Crippen LogP contribution is 2.10. The largest absolute Gasteiger partial charge is 0.409 e. The molecule has 1 aromatic rings. The van der Waals surface area contributed by atoms with Gasteiger partial charge in [0.05, 0.1) is 0 Å². The van der Waals surface area contributed by atoms with Crippen LogP contribution in [0.1, 0.15) is 12.6 Å². The van der Waals surface area contributed by atoms with Gasteiger partial charge in [-0.2, -0.15) is 0 Å². The minimum absolute atomic E-state index is 0.0368. The van der Waals surface area contributed by atoms with Gasteiger partial charge in [-0.15, -0.1) is 0 Å². The molecule has 0 fully saturated rings. The van der Waals surface area contributed by atoms with Crippen LogP contribution in [0.3, 0.4) is 0 Å². The van der Waals surface area contributed by atoms with Crippen molar-refractivity contribution in [3.63, 3.8) is 0 Å². The van der Waals surface area contributed by atoms with Crippen LogP contribution in [0, 0.1) is 12.8 Å². The molecule has 0 bridgehead atoms. The van der Waals surface area contributed by atoms with Crippen LogP contribution in [0.2, 0.25) is 0 Å². The molecule has 0 radical (unpaired) electrons. The van der Waals surface area contributed by atoms with E-state index in [4.69, 9.17) is 10.9 Å². The maximum Gasteiger partial charge on any atom is 0.143 e. The van der Waals surface area contributed by atoms with Gasteiger partial charge < -0.3 is 15.8 Å². The maximum absolute atomic E-state index is 8.55. The van der Waals surface area contributed by atoms with Crippen molar-refractivity contribution in [2.45, 2.75) is 13.8 Å². The Morgan fingerprint density at radius 1 is 1.62 bits per heavy atom. The molecule has 1 atom stereocenters. The highest BCUT2D eigenvalue weighted by molar-refractivity contribution is 5.82. The molecule has 6 nitrogen and oxygen atoms in total. The fourth-order valence-corrected chi connectivity index (χ4v) is 1.35. The van der Waals surface area contributed by atoms with Gasteiger partial charge in [0.15, 0.2) is 0 Å². The van der Waals surface area contributed by atoms with Gasteiger partial charge >= 0.3 is 0 Å². The topological polar surface area (TPSA) is 87.6 Å². The van der Waals surface area contributed by atoms with Gasteiger partial charge in [-0.3, -0.25) is 0 Å². The van der Waals surface area contributed by atoms with Gasteiger partial charge in [-0.25, -0.2) is 9.97 Å². The van der Waals surface area contributed by atoms with E-state index in [0.717, 1.165) is 11.5 Å². The second kappa shape index (κ2) is 5.29. The number of hydrogen-bond acceptors (Lipinski definition) is 5. The predicted molar refractivity (Wildman–Crippen MR) is 62.6 cm³/mol. The molecule has 0 aromatic carbocycles. The highest BCUT2D eigenvalue weighted by atomic mass is 16.4. The lowest BCUT2D eigenvalue weighted by atomic mass is 10.1. The van der Waals surface area contributed by atoms with E-state index in [1.807, 2.05) is 31.9 Å². The van der Waals surface area contributed by atoms with Crippen LogP contribution >= 0.6 is 0 Å². The zero-order chi connectivity index (χ0) is 12.1. The van der Waals surface area contributed by atoms with Crippen LogP contribution in [0.4, 0.5) is 5.82 Å². The van der Waals surface area contributed by atoms with Crippen molar-refractivity contribution >= 4 is 11.7 Å². The Balaban J connectivity index is 2.69. The molecular weight excluding hydrogens is 206 g/mol. The molecular formula is C10H17N5O. The molecule has 0 aliphatic carbocycles. The third kappa shape index (κ3) is 3.08. The average molecular weight is 223 g/mol. The van der Waals surface area contributed by atoms with Gasteiger partial charge in [0.1, 0.15) is 18.0 Å². The lowest BCUT2D eigenvalue weighted by Gasteiger charge is -2.21. The lowest BCUT2D eigenvalue weighted by molar-refractivity contribution is 0.314. The smallest absolute Gasteiger partial charge is 0.143 e. The Morgan fingerprint density at radius 3 is 2.88 bits per heavy atom. The molecule has 0 amide bonds. The summed E-state index contributed by atoms with van der Waals surface area (Å²) in [5, 5.41) is 11.5. The van der Waals surface area contributed by atoms with Crippen LogP contribution < -0.4 is 10.6 Å². The lowest BCUT2D eigenvalue weighted by Crippen LogP contribution is -2.33. The van der Waals surface area contributed by atoms with Crippen molar-refractivity contribution in [1.82, 2.24) is 9.97 Å². The molecule has 0 saturated heterocycles. The fourth-order valence-electron chi connectivity index (χ4n) is 1.35. The third-order valence-electron chi connectivity index (χ3n) is 2.35. The van der Waals surface area contributed by atoms with Crippen molar-refractivity contribution in [2.75, 3.05) is 18.5 Å². The predicted octanol–water partition coefficient (Wildman–Crippen LogP) is 0.604. The number of aromatic nitrogens is 2. The average Bonchev–Trinajstić information content (AvgIpc) is 2.27. The molecule has 1 unspecified atom stereocenters. The van der Waals surface area contributed by atoms with Crippen molar-refractivity contribution in [3.8, 4) is 0 Å². The van der Waals surface area contributed by atoms with Crippen molar-refractivity contribution < 1.29 is 5.21 Å². The molecule has 1 rings (SSSR count). The molecule has 88 valence electrons. The number of nitrogens with zero attached hydrogens (tertiary/aromatic N) is 4. The first-order chi connectivity index (χ1) is 7.54. The number of oxime groups is 1. The van der Waals surface area contributed by atoms with E-state index in [2.05, 4.69) is 15.1 Å². The number of nitrogens with two attached hydrogens (primary N) is 1. The van der Waals surface area contributed by atoms with E-state index in [1.54, 1.807) is 0 Å². The number of hydrogen-bond donors (Lipinski definition) is 2. The second-order valence-electron chi connectivity index (χ2n) is 3.82. The fraction of sp³-hybridized carbons (Fsp3) is 0.500. The Hall–Kier alpha value is -1.85. The minimum Gasteiger partial charge on any atom is -0.409 e. The van der Waals surface area contributed by atoms with E-state index in [-0.39, 0.29) is 11.8 Å². The number of amidine groups is 1. The summed E-state index contributed by atoms with van der Waals surface area (Å²) in [6, 6.07) is 1.89. The first-order valence-electron chi connectivity index (χ1n) is 5.01. The van der Waals surface area contributed by atoms with Gasteiger partial charge in [0.2, 0.25) is 0 Å². The van der Waals surface area contributed by atoms with Crippen LogP contribution in [0.5, 0.6) is 0 Å². The Kier molecular flexibility index (Phi) is 4.04. The summed E-state index contributed by atoms with van der Waals surface area (Å²) in [6.07, 6.45) is 1.52. The normalized spacial score (nSPS) is 13.6. The molecule has 6 heteroatoms. The summed E-state index contributed by atoms with van der Waals surface area (Å²) in [5.74, 6) is 1.01. The Labute approximate surface area is 94.8 Å². The van der Waals surface area contributed by atoms with Crippen molar-refractivity contribution in [1.29, 1.82) is 0 Å². The quantitative estimate of drug-likeness (QED) is 0.338. The summed E-state index contributed by atoms with van der Waals surface area (Å²) in [5.41, 5.74) is 6.42.